The minimum absolute atomic E-state index is 0.180. The lowest BCUT2D eigenvalue weighted by Crippen LogP contribution is -2.34. The Bertz CT molecular complexity index is 488. The number of allylic oxidation sites excluding steroid dienone is 8. The van der Waals surface area contributed by atoms with E-state index in [9.17, 15) is 0 Å². The highest BCUT2D eigenvalue weighted by atomic mass is 14.5. The second-order valence-electron chi connectivity index (χ2n) is 6.79. The van der Waals surface area contributed by atoms with Crippen molar-refractivity contribution in [1.29, 1.82) is 5.41 Å². The van der Waals surface area contributed by atoms with E-state index in [1.165, 1.54) is 0 Å². The van der Waals surface area contributed by atoms with Crippen molar-refractivity contribution in [2.24, 2.45) is 23.2 Å². The van der Waals surface area contributed by atoms with Crippen molar-refractivity contribution in [2.75, 3.05) is 0 Å². The minimum atomic E-state index is 0.180. The van der Waals surface area contributed by atoms with Crippen molar-refractivity contribution in [2.45, 2.75) is 40.5 Å². The average Bonchev–Trinajstić information content (AvgIpc) is 2.45. The van der Waals surface area contributed by atoms with Crippen LogP contribution in [0.1, 0.15) is 40.5 Å². The average molecular weight is 269 g/mol. The quantitative estimate of drug-likeness (QED) is 0.668. The fraction of sp³-hybridized carbons (Fsp3) is 0.526. The van der Waals surface area contributed by atoms with Gasteiger partial charge < -0.3 is 5.41 Å². The molecule has 0 aromatic carbocycles. The predicted molar refractivity (Wildman–Crippen MR) is 88.1 cm³/mol. The highest BCUT2D eigenvalue weighted by Gasteiger charge is 2.34. The first-order chi connectivity index (χ1) is 9.43. The van der Waals surface area contributed by atoms with Gasteiger partial charge >= 0.3 is 0 Å². The summed E-state index contributed by atoms with van der Waals surface area (Å²) in [5, 5.41) is 8.51. The van der Waals surface area contributed by atoms with Crippen LogP contribution in [0.25, 0.3) is 0 Å². The zero-order valence-corrected chi connectivity index (χ0v) is 13.2. The van der Waals surface area contributed by atoms with Crippen LogP contribution in [-0.2, 0) is 0 Å². The van der Waals surface area contributed by atoms with E-state index in [0.717, 1.165) is 24.1 Å². The van der Waals surface area contributed by atoms with E-state index in [-0.39, 0.29) is 11.3 Å². The fourth-order valence-corrected chi connectivity index (χ4v) is 3.35. The molecule has 3 atom stereocenters. The summed E-state index contributed by atoms with van der Waals surface area (Å²) in [5.74, 6) is 1.25. The van der Waals surface area contributed by atoms with Gasteiger partial charge in [-0.25, -0.2) is 0 Å². The molecule has 0 spiro atoms. The summed E-state index contributed by atoms with van der Waals surface area (Å²) in [6.07, 6.45) is 17.6. The van der Waals surface area contributed by atoms with Crippen LogP contribution in [0, 0.1) is 28.6 Å². The van der Waals surface area contributed by atoms with Gasteiger partial charge in [-0.1, -0.05) is 70.2 Å². The van der Waals surface area contributed by atoms with E-state index in [1.807, 2.05) is 0 Å². The van der Waals surface area contributed by atoms with Crippen LogP contribution in [-0.4, -0.2) is 5.71 Å². The fourth-order valence-electron chi connectivity index (χ4n) is 3.35. The van der Waals surface area contributed by atoms with Crippen molar-refractivity contribution in [1.82, 2.24) is 0 Å². The summed E-state index contributed by atoms with van der Waals surface area (Å²) in [5.41, 5.74) is 2.11. The van der Waals surface area contributed by atoms with Crippen LogP contribution >= 0.6 is 0 Å². The van der Waals surface area contributed by atoms with Crippen LogP contribution in [0.15, 0.2) is 48.1 Å². The highest BCUT2D eigenvalue weighted by Crippen LogP contribution is 2.41. The number of rotatable bonds is 4. The Morgan fingerprint density at radius 3 is 2.60 bits per heavy atom. The third-order valence-corrected chi connectivity index (χ3v) is 4.93. The van der Waals surface area contributed by atoms with Crippen molar-refractivity contribution >= 4 is 5.71 Å². The molecule has 0 heterocycles. The molecule has 20 heavy (non-hydrogen) atoms. The molecule has 0 saturated heterocycles. The largest absolute Gasteiger partial charge is 0.304 e. The van der Waals surface area contributed by atoms with Gasteiger partial charge in [-0.05, 0) is 35.7 Å². The smallest absolute Gasteiger partial charge is 0.0413 e. The maximum Gasteiger partial charge on any atom is 0.0413 e. The van der Waals surface area contributed by atoms with E-state index in [2.05, 4.69) is 70.2 Å². The molecule has 0 saturated carbocycles. The Kier molecular flexibility index (Phi) is 4.47. The van der Waals surface area contributed by atoms with E-state index >= 15 is 0 Å². The van der Waals surface area contributed by atoms with Crippen LogP contribution in [0.3, 0.4) is 0 Å². The molecule has 0 bridgehead atoms. The SMILES string of the molecule is CC(C(=N)C1=CCCC=C1)C(C)C1C=CC=CC1(C)C. The van der Waals surface area contributed by atoms with E-state index in [1.54, 1.807) is 0 Å². The lowest BCUT2D eigenvalue weighted by atomic mass is 9.66. The third-order valence-electron chi connectivity index (χ3n) is 4.93. The highest BCUT2D eigenvalue weighted by molar-refractivity contribution is 6.02. The van der Waals surface area contributed by atoms with E-state index in [4.69, 9.17) is 5.41 Å². The molecular formula is C19H27N. The van der Waals surface area contributed by atoms with Gasteiger partial charge in [-0.2, -0.15) is 0 Å². The van der Waals surface area contributed by atoms with Gasteiger partial charge in [0.2, 0.25) is 0 Å². The number of hydrogen-bond acceptors (Lipinski definition) is 1. The van der Waals surface area contributed by atoms with Gasteiger partial charge in [0.05, 0.1) is 0 Å². The van der Waals surface area contributed by atoms with Gasteiger partial charge in [-0.15, -0.1) is 0 Å². The van der Waals surface area contributed by atoms with Crippen LogP contribution in [0.4, 0.5) is 0 Å². The molecule has 0 fully saturated rings. The van der Waals surface area contributed by atoms with Crippen molar-refractivity contribution in [3.63, 3.8) is 0 Å². The third kappa shape index (κ3) is 3.03. The molecule has 1 nitrogen and oxygen atoms in total. The topological polar surface area (TPSA) is 23.9 Å². The van der Waals surface area contributed by atoms with Gasteiger partial charge in [0.15, 0.2) is 0 Å². The normalized spacial score (nSPS) is 27.0. The zero-order chi connectivity index (χ0) is 14.8. The van der Waals surface area contributed by atoms with Crippen molar-refractivity contribution in [3.05, 3.63) is 48.1 Å². The number of nitrogens with one attached hydrogen (secondary N) is 1. The molecule has 0 amide bonds. The molecule has 108 valence electrons. The molecule has 0 aliphatic heterocycles. The molecule has 1 heteroatoms. The monoisotopic (exact) mass is 269 g/mol. The lowest BCUT2D eigenvalue weighted by Gasteiger charge is -2.39. The number of hydrogen-bond donors (Lipinski definition) is 1. The summed E-state index contributed by atoms with van der Waals surface area (Å²) in [6.45, 7) is 9.09. The Balaban J connectivity index is 2.12. The second kappa shape index (κ2) is 5.95. The second-order valence-corrected chi connectivity index (χ2v) is 6.79. The van der Waals surface area contributed by atoms with Crippen LogP contribution in [0.2, 0.25) is 0 Å². The van der Waals surface area contributed by atoms with Crippen LogP contribution < -0.4 is 0 Å². The van der Waals surface area contributed by atoms with E-state index < -0.39 is 0 Å². The Morgan fingerprint density at radius 1 is 1.25 bits per heavy atom. The molecule has 0 radical (unpaired) electrons. The minimum Gasteiger partial charge on any atom is -0.304 e. The summed E-state index contributed by atoms with van der Waals surface area (Å²) >= 11 is 0. The lowest BCUT2D eigenvalue weighted by molar-refractivity contribution is 0.223. The van der Waals surface area contributed by atoms with Crippen molar-refractivity contribution < 1.29 is 0 Å². The molecule has 0 aromatic heterocycles. The van der Waals surface area contributed by atoms with Crippen LogP contribution in [0.5, 0.6) is 0 Å². The van der Waals surface area contributed by atoms with Gasteiger partial charge in [0.1, 0.15) is 0 Å². The first kappa shape index (κ1) is 15.0. The summed E-state index contributed by atoms with van der Waals surface area (Å²) in [4.78, 5) is 0. The Labute approximate surface area is 123 Å². The standard InChI is InChI=1S/C19H27N/c1-14(17-12-8-9-13-19(17,3)4)15(2)18(20)16-10-6-5-7-11-16/h6,8-15,17,20H,5,7H2,1-4H3. The molecule has 2 rings (SSSR count). The molecule has 2 aliphatic carbocycles. The van der Waals surface area contributed by atoms with Gasteiger partial charge in [0, 0.05) is 11.6 Å². The zero-order valence-electron chi connectivity index (χ0n) is 13.2. The molecule has 3 unspecified atom stereocenters. The Morgan fingerprint density at radius 2 is 2.00 bits per heavy atom. The maximum atomic E-state index is 8.51. The van der Waals surface area contributed by atoms with Gasteiger partial charge in [-0.3, -0.25) is 0 Å². The van der Waals surface area contributed by atoms with Crippen molar-refractivity contribution in [3.8, 4) is 0 Å². The molecule has 2 aliphatic rings. The maximum absolute atomic E-state index is 8.51. The van der Waals surface area contributed by atoms with Gasteiger partial charge in [0.25, 0.3) is 0 Å². The molecule has 0 aromatic rings. The summed E-state index contributed by atoms with van der Waals surface area (Å²) in [7, 11) is 0. The predicted octanol–water partition coefficient (Wildman–Crippen LogP) is 5.32. The first-order valence-electron chi connectivity index (χ1n) is 7.75. The first-order valence-corrected chi connectivity index (χ1v) is 7.75. The summed E-state index contributed by atoms with van der Waals surface area (Å²) < 4.78 is 0. The Hall–Kier alpha value is -1.37. The molecular weight excluding hydrogens is 242 g/mol. The van der Waals surface area contributed by atoms with E-state index in [0.29, 0.717) is 11.8 Å². The summed E-state index contributed by atoms with van der Waals surface area (Å²) in [6, 6.07) is 0. The molecule has 1 N–H and O–H groups in total.